The summed E-state index contributed by atoms with van der Waals surface area (Å²) in [4.78, 5) is 22.1. The summed E-state index contributed by atoms with van der Waals surface area (Å²) in [7, 11) is 1.21. The van der Waals surface area contributed by atoms with Gasteiger partial charge < -0.3 is 15.8 Å². The molecule has 0 aliphatic carbocycles. The largest absolute Gasteiger partial charge is 0.466 e. The highest BCUT2D eigenvalue weighted by molar-refractivity contribution is 6.30. The Morgan fingerprint density at radius 3 is 2.71 bits per heavy atom. The number of nitrogens with two attached hydrogens (primary N) is 1. The molecule has 1 aromatic rings. The van der Waals surface area contributed by atoms with Gasteiger partial charge >= 0.3 is 5.97 Å². The molecule has 6 heteroatoms. The van der Waals surface area contributed by atoms with E-state index in [0.717, 1.165) is 6.08 Å². The molecule has 0 spiro atoms. The van der Waals surface area contributed by atoms with E-state index in [4.69, 9.17) is 17.3 Å². The number of nitrogens with one attached hydrogen (secondary N) is 1. The molecule has 0 heterocycles. The number of halogens is 1. The van der Waals surface area contributed by atoms with Crippen molar-refractivity contribution in [2.75, 3.05) is 12.4 Å². The highest BCUT2D eigenvalue weighted by atomic mass is 35.5. The van der Waals surface area contributed by atoms with Crippen LogP contribution in [0, 0.1) is 0 Å². The number of esters is 1. The lowest BCUT2D eigenvalue weighted by Gasteiger charge is -2.07. The highest BCUT2D eigenvalue weighted by Crippen LogP contribution is 2.16. The zero-order valence-electron chi connectivity index (χ0n) is 9.07. The van der Waals surface area contributed by atoms with Gasteiger partial charge in [0.2, 0.25) is 0 Å². The van der Waals surface area contributed by atoms with E-state index in [1.54, 1.807) is 24.3 Å². The Labute approximate surface area is 103 Å². The lowest BCUT2D eigenvalue weighted by molar-refractivity contribution is -0.135. The van der Waals surface area contributed by atoms with Gasteiger partial charge in [0.15, 0.2) is 0 Å². The Hall–Kier alpha value is -2.01. The van der Waals surface area contributed by atoms with Crippen LogP contribution in [0.1, 0.15) is 0 Å². The monoisotopic (exact) mass is 254 g/mol. The zero-order chi connectivity index (χ0) is 12.8. The van der Waals surface area contributed by atoms with Crippen LogP contribution in [-0.2, 0) is 14.3 Å². The third kappa shape index (κ3) is 4.16. The molecule has 0 aliphatic rings. The Bertz CT molecular complexity index is 472. The van der Waals surface area contributed by atoms with Crippen molar-refractivity contribution < 1.29 is 14.3 Å². The molecule has 0 aromatic heterocycles. The van der Waals surface area contributed by atoms with E-state index in [0.29, 0.717) is 10.7 Å². The van der Waals surface area contributed by atoms with Crippen molar-refractivity contribution >= 4 is 29.2 Å². The van der Waals surface area contributed by atoms with Crippen LogP contribution in [0.25, 0.3) is 0 Å². The van der Waals surface area contributed by atoms with Crippen LogP contribution in [0.15, 0.2) is 36.0 Å². The molecule has 90 valence electrons. The molecule has 3 N–H and O–H groups in total. The number of hydrogen-bond donors (Lipinski definition) is 2. The molecule has 1 amide bonds. The molecule has 1 aromatic carbocycles. The summed E-state index contributed by atoms with van der Waals surface area (Å²) in [6, 6.07) is 6.65. The van der Waals surface area contributed by atoms with E-state index in [-0.39, 0.29) is 5.70 Å². The average molecular weight is 255 g/mol. The van der Waals surface area contributed by atoms with Gasteiger partial charge in [0, 0.05) is 10.7 Å². The van der Waals surface area contributed by atoms with Crippen molar-refractivity contribution in [2.45, 2.75) is 0 Å². The van der Waals surface area contributed by atoms with Gasteiger partial charge in [-0.1, -0.05) is 17.7 Å². The number of rotatable bonds is 4. The van der Waals surface area contributed by atoms with Gasteiger partial charge in [-0.3, -0.25) is 4.79 Å². The standard InChI is InChI=1S/C11H11ClN2O3/c1-17-10(15)6-9(11(13)16)14-8-4-2-3-7(12)5-8/h2-6,14H,1H3,(H2,13,16)/b9-6-. The second-order valence-electron chi connectivity index (χ2n) is 3.08. The number of carbonyl (C=O) groups is 2. The van der Waals surface area contributed by atoms with Crippen molar-refractivity contribution in [3.63, 3.8) is 0 Å². The van der Waals surface area contributed by atoms with E-state index in [1.807, 2.05) is 0 Å². The van der Waals surface area contributed by atoms with E-state index >= 15 is 0 Å². The van der Waals surface area contributed by atoms with Crippen molar-refractivity contribution in [1.82, 2.24) is 0 Å². The summed E-state index contributed by atoms with van der Waals surface area (Å²) in [5.74, 6) is -1.44. The first-order valence-corrected chi connectivity index (χ1v) is 5.02. The molecule has 0 aliphatic heterocycles. The van der Waals surface area contributed by atoms with Crippen molar-refractivity contribution in [1.29, 1.82) is 0 Å². The minimum Gasteiger partial charge on any atom is -0.466 e. The van der Waals surface area contributed by atoms with Crippen LogP contribution in [0.3, 0.4) is 0 Å². The maximum atomic E-state index is 11.1. The predicted octanol–water partition coefficient (Wildman–Crippen LogP) is 1.29. The quantitative estimate of drug-likeness (QED) is 0.627. The van der Waals surface area contributed by atoms with Crippen molar-refractivity contribution in [3.05, 3.63) is 41.1 Å². The van der Waals surface area contributed by atoms with Gasteiger partial charge in [-0.25, -0.2) is 4.79 Å². The molecule has 0 unspecified atom stereocenters. The van der Waals surface area contributed by atoms with Gasteiger partial charge in [0.25, 0.3) is 5.91 Å². The van der Waals surface area contributed by atoms with Crippen LogP contribution in [0.4, 0.5) is 5.69 Å². The number of carbonyl (C=O) groups excluding carboxylic acids is 2. The van der Waals surface area contributed by atoms with Gasteiger partial charge in [-0.05, 0) is 18.2 Å². The van der Waals surface area contributed by atoms with E-state index in [9.17, 15) is 9.59 Å². The second kappa shape index (κ2) is 5.91. The number of ether oxygens (including phenoxy) is 1. The summed E-state index contributed by atoms with van der Waals surface area (Å²) in [5.41, 5.74) is 5.59. The van der Waals surface area contributed by atoms with E-state index < -0.39 is 11.9 Å². The molecule has 0 radical (unpaired) electrons. The normalized spacial score (nSPS) is 10.8. The number of hydrogen-bond acceptors (Lipinski definition) is 4. The van der Waals surface area contributed by atoms with Crippen LogP contribution >= 0.6 is 11.6 Å². The average Bonchev–Trinajstić information content (AvgIpc) is 2.27. The first-order valence-electron chi connectivity index (χ1n) is 4.65. The van der Waals surface area contributed by atoms with Gasteiger partial charge in [-0.2, -0.15) is 0 Å². The predicted molar refractivity (Wildman–Crippen MR) is 64.4 cm³/mol. The Balaban J connectivity index is 2.92. The summed E-state index contributed by atoms with van der Waals surface area (Å²) in [6.07, 6.45) is 0.975. The summed E-state index contributed by atoms with van der Waals surface area (Å²) >= 11 is 5.77. The highest BCUT2D eigenvalue weighted by Gasteiger charge is 2.08. The lowest BCUT2D eigenvalue weighted by atomic mass is 10.3. The summed E-state index contributed by atoms with van der Waals surface area (Å²) < 4.78 is 4.40. The maximum absolute atomic E-state index is 11.1. The Kier molecular flexibility index (Phi) is 4.54. The van der Waals surface area contributed by atoms with E-state index in [2.05, 4.69) is 10.1 Å². The smallest absolute Gasteiger partial charge is 0.332 e. The fraction of sp³-hybridized carbons (Fsp3) is 0.0909. The maximum Gasteiger partial charge on any atom is 0.332 e. The first-order chi connectivity index (χ1) is 8.02. The molecular formula is C11H11ClN2O3. The van der Waals surface area contributed by atoms with Gasteiger partial charge in [-0.15, -0.1) is 0 Å². The molecule has 0 atom stereocenters. The molecule has 5 nitrogen and oxygen atoms in total. The summed E-state index contributed by atoms with van der Waals surface area (Å²) in [5, 5.41) is 3.18. The fourth-order valence-corrected chi connectivity index (χ4v) is 1.26. The zero-order valence-corrected chi connectivity index (χ0v) is 9.82. The van der Waals surface area contributed by atoms with Crippen LogP contribution < -0.4 is 11.1 Å². The molecular weight excluding hydrogens is 244 g/mol. The topological polar surface area (TPSA) is 81.4 Å². The Morgan fingerprint density at radius 2 is 2.18 bits per heavy atom. The number of anilines is 1. The molecule has 1 rings (SSSR count). The first kappa shape index (κ1) is 13.1. The van der Waals surface area contributed by atoms with Gasteiger partial charge in [0.05, 0.1) is 13.2 Å². The van der Waals surface area contributed by atoms with Crippen molar-refractivity contribution in [2.24, 2.45) is 5.73 Å². The van der Waals surface area contributed by atoms with Crippen LogP contribution in [-0.4, -0.2) is 19.0 Å². The molecule has 0 bridgehead atoms. The fourth-order valence-electron chi connectivity index (χ4n) is 1.07. The number of benzene rings is 1. The number of amides is 1. The number of primary amides is 1. The summed E-state index contributed by atoms with van der Waals surface area (Å²) in [6.45, 7) is 0. The SMILES string of the molecule is COC(=O)/C=C(\Nc1cccc(Cl)c1)C(N)=O. The lowest BCUT2D eigenvalue weighted by Crippen LogP contribution is -2.21. The molecule has 17 heavy (non-hydrogen) atoms. The molecule has 0 saturated carbocycles. The molecule has 0 fully saturated rings. The third-order valence-corrected chi connectivity index (χ3v) is 2.07. The third-order valence-electron chi connectivity index (χ3n) is 1.83. The minimum atomic E-state index is -0.768. The van der Waals surface area contributed by atoms with Crippen LogP contribution in [0.5, 0.6) is 0 Å². The second-order valence-corrected chi connectivity index (χ2v) is 3.52. The Morgan fingerprint density at radius 1 is 1.47 bits per heavy atom. The number of methoxy groups -OCH3 is 1. The molecule has 0 saturated heterocycles. The van der Waals surface area contributed by atoms with E-state index in [1.165, 1.54) is 7.11 Å². The van der Waals surface area contributed by atoms with Gasteiger partial charge in [0.1, 0.15) is 5.70 Å². The minimum absolute atomic E-state index is 0.0703. The van der Waals surface area contributed by atoms with Crippen LogP contribution in [0.2, 0.25) is 5.02 Å². The van der Waals surface area contributed by atoms with Crippen molar-refractivity contribution in [3.8, 4) is 0 Å².